The van der Waals surface area contributed by atoms with Gasteiger partial charge >= 0.3 is 0 Å². The smallest absolute Gasteiger partial charge is 0.240 e. The molecule has 5 nitrogen and oxygen atoms in total. The van der Waals surface area contributed by atoms with Crippen LogP contribution in [0.5, 0.6) is 0 Å². The van der Waals surface area contributed by atoms with Crippen molar-refractivity contribution in [2.24, 2.45) is 0 Å². The number of para-hydroxylation sites is 1. The lowest BCUT2D eigenvalue weighted by atomic mass is 10.1. The van der Waals surface area contributed by atoms with Crippen LogP contribution in [0.15, 0.2) is 36.9 Å². The van der Waals surface area contributed by atoms with E-state index >= 15 is 0 Å². The van der Waals surface area contributed by atoms with Gasteiger partial charge in [0.05, 0.1) is 12.5 Å². The first-order valence-corrected chi connectivity index (χ1v) is 8.72. The predicted octanol–water partition coefficient (Wildman–Crippen LogP) is 2.15. The molecule has 1 N–H and O–H groups in total. The molecule has 1 fully saturated rings. The molecule has 1 aromatic carbocycles. The lowest BCUT2D eigenvalue weighted by Crippen LogP contribution is -2.56. The summed E-state index contributed by atoms with van der Waals surface area (Å²) in [6, 6.07) is 7.60. The van der Waals surface area contributed by atoms with Gasteiger partial charge in [0.15, 0.2) is 0 Å². The topological polar surface area (TPSA) is 52.7 Å². The van der Waals surface area contributed by atoms with E-state index in [1.807, 2.05) is 34.1 Å². The number of nitrogens with one attached hydrogen (secondary N) is 1. The van der Waals surface area contributed by atoms with Gasteiger partial charge in [-0.3, -0.25) is 9.59 Å². The monoisotopic (exact) mass is 363 g/mol. The highest BCUT2D eigenvalue weighted by atomic mass is 35.5. The maximum atomic E-state index is 12.7. The van der Waals surface area contributed by atoms with E-state index in [9.17, 15) is 9.59 Å². The lowest BCUT2D eigenvalue weighted by molar-refractivity contribution is -0.137. The Bertz CT molecular complexity index is 635. The normalized spacial score (nSPS) is 19.4. The number of amides is 2. The summed E-state index contributed by atoms with van der Waals surface area (Å²) in [6.45, 7) is 6.62. The molecule has 2 aliphatic rings. The van der Waals surface area contributed by atoms with Gasteiger partial charge in [0.25, 0.3) is 0 Å². The van der Waals surface area contributed by atoms with Crippen LogP contribution in [-0.2, 0) is 16.0 Å². The number of piperazine rings is 1. The largest absolute Gasteiger partial charge is 0.340 e. The van der Waals surface area contributed by atoms with Crippen molar-refractivity contribution in [1.82, 2.24) is 10.2 Å². The van der Waals surface area contributed by atoms with Crippen molar-refractivity contribution in [3.63, 3.8) is 0 Å². The molecule has 2 amide bonds. The van der Waals surface area contributed by atoms with E-state index in [0.29, 0.717) is 13.1 Å². The number of halogens is 1. The molecule has 0 spiro atoms. The zero-order valence-electron chi connectivity index (χ0n) is 14.4. The van der Waals surface area contributed by atoms with Gasteiger partial charge in [-0.1, -0.05) is 24.3 Å². The number of nitrogens with zero attached hydrogens (tertiary/aromatic N) is 2. The Morgan fingerprint density at radius 2 is 2.12 bits per heavy atom. The summed E-state index contributed by atoms with van der Waals surface area (Å²) in [5, 5.41) is 3.21. The van der Waals surface area contributed by atoms with Crippen LogP contribution in [-0.4, -0.2) is 48.9 Å². The van der Waals surface area contributed by atoms with Crippen molar-refractivity contribution in [2.75, 3.05) is 31.1 Å². The summed E-state index contributed by atoms with van der Waals surface area (Å²) in [7, 11) is 0. The van der Waals surface area contributed by atoms with Crippen LogP contribution >= 0.6 is 12.4 Å². The number of benzene rings is 1. The highest BCUT2D eigenvalue weighted by molar-refractivity contribution is 5.98. The number of hydrogen-bond acceptors (Lipinski definition) is 3. The third-order valence-electron chi connectivity index (χ3n) is 4.79. The molecule has 1 saturated heterocycles. The molecule has 0 saturated carbocycles. The van der Waals surface area contributed by atoms with Gasteiger partial charge < -0.3 is 15.1 Å². The van der Waals surface area contributed by atoms with Crippen molar-refractivity contribution < 1.29 is 9.59 Å². The summed E-state index contributed by atoms with van der Waals surface area (Å²) in [6.07, 6.45) is 4.83. The minimum atomic E-state index is -0.400. The summed E-state index contributed by atoms with van der Waals surface area (Å²) in [4.78, 5) is 29.0. The molecule has 0 bridgehead atoms. The highest BCUT2D eigenvalue weighted by Gasteiger charge is 2.32. The number of rotatable bonds is 6. The molecule has 6 heteroatoms. The third kappa shape index (κ3) is 4.41. The molecule has 0 aliphatic carbocycles. The molecule has 2 heterocycles. The summed E-state index contributed by atoms with van der Waals surface area (Å²) < 4.78 is 0. The minimum Gasteiger partial charge on any atom is -0.340 e. The number of unbranched alkanes of at least 4 members (excludes halogenated alkanes) is 1. The second-order valence-corrected chi connectivity index (χ2v) is 6.39. The molecule has 136 valence electrons. The molecule has 1 atom stereocenters. The van der Waals surface area contributed by atoms with Crippen LogP contribution < -0.4 is 10.2 Å². The second kappa shape index (κ2) is 9.02. The molecular formula is C19H26ClN3O2. The fraction of sp³-hybridized carbons (Fsp3) is 0.474. The fourth-order valence-electron chi connectivity index (χ4n) is 3.48. The van der Waals surface area contributed by atoms with Crippen LogP contribution in [0.3, 0.4) is 0 Å². The number of anilines is 1. The van der Waals surface area contributed by atoms with Gasteiger partial charge in [-0.2, -0.15) is 0 Å². The van der Waals surface area contributed by atoms with E-state index in [-0.39, 0.29) is 30.6 Å². The van der Waals surface area contributed by atoms with E-state index in [4.69, 9.17) is 0 Å². The van der Waals surface area contributed by atoms with Gasteiger partial charge in [0, 0.05) is 31.9 Å². The first-order chi connectivity index (χ1) is 11.7. The SMILES string of the molecule is C=CCCCN1CCNC(CC(=O)N2CCc3ccccc32)C1=O.Cl. The quantitative estimate of drug-likeness (QED) is 0.622. The van der Waals surface area contributed by atoms with Crippen molar-refractivity contribution in [1.29, 1.82) is 0 Å². The first-order valence-electron chi connectivity index (χ1n) is 8.72. The Labute approximate surface area is 155 Å². The fourth-order valence-corrected chi connectivity index (χ4v) is 3.48. The Balaban J connectivity index is 0.00000225. The van der Waals surface area contributed by atoms with Crippen LogP contribution in [0.1, 0.15) is 24.8 Å². The number of fused-ring (bicyclic) bond motifs is 1. The summed E-state index contributed by atoms with van der Waals surface area (Å²) >= 11 is 0. The maximum absolute atomic E-state index is 12.7. The Hall–Kier alpha value is -1.85. The van der Waals surface area contributed by atoms with Gasteiger partial charge in [-0.25, -0.2) is 0 Å². The lowest BCUT2D eigenvalue weighted by Gasteiger charge is -2.33. The molecule has 0 aromatic heterocycles. The molecule has 2 aliphatic heterocycles. The maximum Gasteiger partial charge on any atom is 0.240 e. The highest BCUT2D eigenvalue weighted by Crippen LogP contribution is 2.28. The number of carbonyl (C=O) groups is 2. The zero-order chi connectivity index (χ0) is 16.9. The second-order valence-electron chi connectivity index (χ2n) is 6.39. The van der Waals surface area contributed by atoms with Crippen LogP contribution in [0.4, 0.5) is 5.69 Å². The van der Waals surface area contributed by atoms with E-state index in [2.05, 4.69) is 18.0 Å². The van der Waals surface area contributed by atoms with E-state index in [1.165, 1.54) is 5.56 Å². The van der Waals surface area contributed by atoms with Crippen LogP contribution in [0.2, 0.25) is 0 Å². The molecule has 3 rings (SSSR count). The van der Waals surface area contributed by atoms with E-state index in [0.717, 1.165) is 38.0 Å². The third-order valence-corrected chi connectivity index (χ3v) is 4.79. The van der Waals surface area contributed by atoms with Gasteiger partial charge in [-0.05, 0) is 30.9 Å². The summed E-state index contributed by atoms with van der Waals surface area (Å²) in [5.74, 6) is 0.0740. The van der Waals surface area contributed by atoms with Crippen molar-refractivity contribution in [3.05, 3.63) is 42.5 Å². The Morgan fingerprint density at radius 3 is 2.92 bits per heavy atom. The number of carbonyl (C=O) groups excluding carboxylic acids is 2. The Kier molecular flexibility index (Phi) is 7.02. The molecule has 0 radical (unpaired) electrons. The van der Waals surface area contributed by atoms with Crippen molar-refractivity contribution >= 4 is 29.9 Å². The van der Waals surface area contributed by atoms with Crippen LogP contribution in [0.25, 0.3) is 0 Å². The van der Waals surface area contributed by atoms with Crippen molar-refractivity contribution in [3.8, 4) is 0 Å². The number of hydrogen-bond donors (Lipinski definition) is 1. The zero-order valence-corrected chi connectivity index (χ0v) is 15.3. The summed E-state index contributed by atoms with van der Waals surface area (Å²) in [5.41, 5.74) is 2.20. The standard InChI is InChI=1S/C19H25N3O2.ClH/c1-2-3-6-11-21-13-10-20-16(19(21)24)14-18(23)22-12-9-15-7-4-5-8-17(15)22;/h2,4-5,7-8,16,20H,1,3,6,9-14H2;1H. The van der Waals surface area contributed by atoms with Crippen molar-refractivity contribution in [2.45, 2.75) is 31.7 Å². The van der Waals surface area contributed by atoms with E-state index < -0.39 is 6.04 Å². The number of allylic oxidation sites excluding steroid dienone is 1. The molecular weight excluding hydrogens is 338 g/mol. The average molecular weight is 364 g/mol. The minimum absolute atomic E-state index is 0. The van der Waals surface area contributed by atoms with Gasteiger partial charge in [-0.15, -0.1) is 19.0 Å². The van der Waals surface area contributed by atoms with E-state index in [1.54, 1.807) is 0 Å². The van der Waals surface area contributed by atoms with Gasteiger partial charge in [0.1, 0.15) is 0 Å². The predicted molar refractivity (Wildman–Crippen MR) is 102 cm³/mol. The molecule has 1 aromatic rings. The Morgan fingerprint density at radius 1 is 1.32 bits per heavy atom. The first kappa shape index (κ1) is 19.5. The molecule has 1 unspecified atom stereocenters. The molecule has 25 heavy (non-hydrogen) atoms. The van der Waals surface area contributed by atoms with Crippen LogP contribution in [0, 0.1) is 0 Å². The van der Waals surface area contributed by atoms with Gasteiger partial charge in [0.2, 0.25) is 11.8 Å². The average Bonchev–Trinajstić information content (AvgIpc) is 3.02.